The van der Waals surface area contributed by atoms with Gasteiger partial charge in [-0.1, -0.05) is 39.8 Å². The highest BCUT2D eigenvalue weighted by Gasteiger charge is 2.36. The molecule has 11 heteroatoms. The van der Waals surface area contributed by atoms with Gasteiger partial charge >= 0.3 is 5.97 Å². The molecule has 232 valence electrons. The molecule has 9 nitrogen and oxygen atoms in total. The monoisotopic (exact) mass is 605 g/mol. The summed E-state index contributed by atoms with van der Waals surface area (Å²) in [5, 5.41) is 0. The molecule has 0 N–H and O–H groups in total. The lowest BCUT2D eigenvalue weighted by Crippen LogP contribution is -2.44. The van der Waals surface area contributed by atoms with E-state index in [1.807, 2.05) is 32.9 Å². The zero-order valence-corrected chi connectivity index (χ0v) is 26.9. The molecule has 1 aliphatic heterocycles. The van der Waals surface area contributed by atoms with Crippen molar-refractivity contribution >= 4 is 28.0 Å². The van der Waals surface area contributed by atoms with Crippen LogP contribution in [0.5, 0.6) is 0 Å². The zero-order valence-electron chi connectivity index (χ0n) is 26.0. The molecular weight excluding hydrogens is 561 g/mol. The van der Waals surface area contributed by atoms with E-state index >= 15 is 0 Å². The van der Waals surface area contributed by atoms with Crippen LogP contribution in [0.3, 0.4) is 0 Å². The fraction of sp³-hybridized carbons (Fsp3) is 0.581. The van der Waals surface area contributed by atoms with Crippen LogP contribution in [0.4, 0.5) is 10.3 Å². The van der Waals surface area contributed by atoms with E-state index in [-0.39, 0.29) is 30.4 Å². The first-order valence-electron chi connectivity index (χ1n) is 14.3. The minimum atomic E-state index is -3.63. The summed E-state index contributed by atoms with van der Waals surface area (Å²) < 4.78 is 57.3. The summed E-state index contributed by atoms with van der Waals surface area (Å²) in [6, 6.07) is 5.85. The maximum atomic E-state index is 13.8. The van der Waals surface area contributed by atoms with Crippen LogP contribution in [0, 0.1) is 11.7 Å². The molecule has 0 saturated carbocycles. The summed E-state index contributed by atoms with van der Waals surface area (Å²) in [7, 11) is -2.24. The molecule has 3 unspecified atom stereocenters. The Kier molecular flexibility index (Phi) is 10.9. The molecule has 42 heavy (non-hydrogen) atoms. The van der Waals surface area contributed by atoms with E-state index in [9.17, 15) is 17.6 Å². The van der Waals surface area contributed by atoms with E-state index in [4.69, 9.17) is 14.2 Å². The smallest absolute Gasteiger partial charge is 0.308 e. The molecule has 0 spiro atoms. The van der Waals surface area contributed by atoms with Crippen LogP contribution in [-0.4, -0.2) is 61.8 Å². The van der Waals surface area contributed by atoms with Crippen molar-refractivity contribution in [3.8, 4) is 11.3 Å². The number of carbonyl (C=O) groups excluding carboxylic acids is 1. The van der Waals surface area contributed by atoms with Gasteiger partial charge in [0.25, 0.3) is 0 Å². The second kappa shape index (κ2) is 13.6. The highest BCUT2D eigenvalue weighted by molar-refractivity contribution is 7.92. The Balaban J connectivity index is 1.97. The average molecular weight is 606 g/mol. The number of halogens is 1. The fourth-order valence-electron chi connectivity index (χ4n) is 4.96. The Morgan fingerprint density at radius 3 is 2.36 bits per heavy atom. The standard InChI is InChI=1S/C31H44FN3O6S/c1-19(2)16-21(5)39-27(36)18-25-17-24(40-31(6,7)41-25)14-15-26-28(20(3)4)33-30(35(8)42(9,37)38)34-29(26)22-10-12-23(32)13-11-22/h10-15,19-21,24-25H,16-18H2,1-9H3/b15-14+. The Morgan fingerprint density at radius 2 is 1.79 bits per heavy atom. The molecule has 1 aromatic heterocycles. The van der Waals surface area contributed by atoms with Crippen molar-refractivity contribution in [3.05, 3.63) is 47.4 Å². The largest absolute Gasteiger partial charge is 0.463 e. The minimum absolute atomic E-state index is 0.0198. The summed E-state index contributed by atoms with van der Waals surface area (Å²) in [5.41, 5.74) is 2.35. The van der Waals surface area contributed by atoms with Gasteiger partial charge in [0.15, 0.2) is 5.79 Å². The average Bonchev–Trinajstić information content (AvgIpc) is 2.84. The van der Waals surface area contributed by atoms with Crippen LogP contribution in [0.15, 0.2) is 30.3 Å². The summed E-state index contributed by atoms with van der Waals surface area (Å²) >= 11 is 0. The van der Waals surface area contributed by atoms with Gasteiger partial charge in [-0.3, -0.25) is 4.79 Å². The number of sulfonamides is 1. The second-order valence-electron chi connectivity index (χ2n) is 12.1. The number of rotatable bonds is 11. The number of nitrogens with zero attached hydrogens (tertiary/aromatic N) is 3. The van der Waals surface area contributed by atoms with Crippen LogP contribution in [-0.2, 0) is 29.0 Å². The maximum absolute atomic E-state index is 13.8. The van der Waals surface area contributed by atoms with Crippen LogP contribution in [0.25, 0.3) is 17.3 Å². The first-order valence-corrected chi connectivity index (χ1v) is 16.1. The molecule has 1 fully saturated rings. The van der Waals surface area contributed by atoms with Crippen molar-refractivity contribution in [3.63, 3.8) is 0 Å². The molecule has 3 atom stereocenters. The Hall–Kier alpha value is -2.89. The number of esters is 1. The molecule has 1 aromatic carbocycles. The van der Waals surface area contributed by atoms with Crippen molar-refractivity contribution in [2.45, 2.75) is 97.7 Å². The van der Waals surface area contributed by atoms with Crippen molar-refractivity contribution in [1.29, 1.82) is 0 Å². The quantitative estimate of drug-likeness (QED) is 0.283. The molecule has 3 rings (SSSR count). The molecule has 0 radical (unpaired) electrons. The molecule has 0 aliphatic carbocycles. The predicted molar refractivity (Wildman–Crippen MR) is 162 cm³/mol. The Labute approximate surface area is 249 Å². The van der Waals surface area contributed by atoms with E-state index in [2.05, 4.69) is 23.8 Å². The summed E-state index contributed by atoms with van der Waals surface area (Å²) in [6.07, 6.45) is 5.13. The van der Waals surface area contributed by atoms with Gasteiger partial charge in [-0.2, -0.15) is 0 Å². The number of anilines is 1. The van der Waals surface area contributed by atoms with Crippen LogP contribution in [0.1, 0.15) is 84.9 Å². The maximum Gasteiger partial charge on any atom is 0.308 e. The number of ether oxygens (including phenoxy) is 3. The van der Waals surface area contributed by atoms with Gasteiger partial charge in [-0.25, -0.2) is 27.1 Å². The number of carbonyl (C=O) groups is 1. The first-order chi connectivity index (χ1) is 19.4. The van der Waals surface area contributed by atoms with E-state index in [0.29, 0.717) is 34.9 Å². The topological polar surface area (TPSA) is 108 Å². The van der Waals surface area contributed by atoms with E-state index in [1.165, 1.54) is 19.2 Å². The summed E-state index contributed by atoms with van der Waals surface area (Å²) in [4.78, 5) is 21.9. The van der Waals surface area contributed by atoms with Gasteiger partial charge in [0, 0.05) is 24.6 Å². The molecule has 2 aromatic rings. The SMILES string of the molecule is CC(C)CC(C)OC(=O)CC1CC(/C=C/c2c(-c3ccc(F)cc3)nc(N(C)S(C)(=O)=O)nc2C(C)C)OC(C)(C)O1. The fourth-order valence-corrected chi connectivity index (χ4v) is 5.34. The van der Waals surface area contributed by atoms with Gasteiger partial charge in [-0.05, 0) is 63.3 Å². The number of hydrogen-bond acceptors (Lipinski definition) is 8. The summed E-state index contributed by atoms with van der Waals surface area (Å²) in [5.74, 6) is -1.31. The predicted octanol–water partition coefficient (Wildman–Crippen LogP) is 6.09. The van der Waals surface area contributed by atoms with Crippen molar-refractivity contribution < 1.29 is 31.8 Å². The second-order valence-corrected chi connectivity index (χ2v) is 14.1. The van der Waals surface area contributed by atoms with Crippen LogP contribution in [0.2, 0.25) is 0 Å². The lowest BCUT2D eigenvalue weighted by molar-refractivity contribution is -0.290. The van der Waals surface area contributed by atoms with Gasteiger partial charge < -0.3 is 14.2 Å². The molecule has 2 heterocycles. The van der Waals surface area contributed by atoms with Gasteiger partial charge in [0.05, 0.1) is 42.4 Å². The lowest BCUT2D eigenvalue weighted by Gasteiger charge is -2.39. The van der Waals surface area contributed by atoms with Crippen molar-refractivity contribution in [1.82, 2.24) is 9.97 Å². The van der Waals surface area contributed by atoms with E-state index < -0.39 is 33.8 Å². The lowest BCUT2D eigenvalue weighted by atomic mass is 9.97. The third-order valence-electron chi connectivity index (χ3n) is 6.80. The zero-order chi connectivity index (χ0) is 31.4. The first kappa shape index (κ1) is 33.6. The van der Waals surface area contributed by atoms with Crippen molar-refractivity contribution in [2.75, 3.05) is 17.6 Å². The van der Waals surface area contributed by atoms with Gasteiger partial charge in [0.2, 0.25) is 16.0 Å². The van der Waals surface area contributed by atoms with Crippen LogP contribution >= 0.6 is 0 Å². The molecular formula is C31H44FN3O6S. The summed E-state index contributed by atoms with van der Waals surface area (Å²) in [6.45, 7) is 13.6. The van der Waals surface area contributed by atoms with Crippen LogP contribution < -0.4 is 4.31 Å². The molecule has 1 aliphatic rings. The highest BCUT2D eigenvalue weighted by Crippen LogP contribution is 2.34. The van der Waals surface area contributed by atoms with Crippen molar-refractivity contribution in [2.24, 2.45) is 5.92 Å². The normalized spacial score (nSPS) is 19.8. The Morgan fingerprint density at radius 1 is 1.14 bits per heavy atom. The van der Waals surface area contributed by atoms with E-state index in [0.717, 1.165) is 17.0 Å². The number of benzene rings is 1. The van der Waals surface area contributed by atoms with E-state index in [1.54, 1.807) is 26.0 Å². The number of hydrogen-bond donors (Lipinski definition) is 0. The van der Waals surface area contributed by atoms with Gasteiger partial charge in [-0.15, -0.1) is 0 Å². The number of aromatic nitrogens is 2. The highest BCUT2D eigenvalue weighted by atomic mass is 32.2. The third kappa shape index (κ3) is 9.31. The molecule has 0 bridgehead atoms. The third-order valence-corrected chi connectivity index (χ3v) is 7.95. The van der Waals surface area contributed by atoms with Gasteiger partial charge in [0.1, 0.15) is 5.82 Å². The molecule has 0 amide bonds. The minimum Gasteiger partial charge on any atom is -0.463 e. The molecule has 1 saturated heterocycles. The Bertz CT molecular complexity index is 1380.